The van der Waals surface area contributed by atoms with Crippen LogP contribution < -0.4 is 0 Å². The van der Waals surface area contributed by atoms with Crippen molar-refractivity contribution in [3.63, 3.8) is 0 Å². The Bertz CT molecular complexity index is 399. The molecule has 4 nitrogen and oxygen atoms in total. The molecular formula is C17H28O4. The van der Waals surface area contributed by atoms with Gasteiger partial charge in [-0.1, -0.05) is 45.9 Å². The molecule has 1 aromatic rings. The number of hydrogen-bond donors (Lipinski definition) is 3. The van der Waals surface area contributed by atoms with Crippen LogP contribution >= 0.6 is 0 Å². The van der Waals surface area contributed by atoms with Crippen molar-refractivity contribution < 1.29 is 20.1 Å². The van der Waals surface area contributed by atoms with E-state index in [-0.39, 0.29) is 13.0 Å². The first-order valence-corrected chi connectivity index (χ1v) is 7.45. The van der Waals surface area contributed by atoms with E-state index in [4.69, 9.17) is 10.2 Å². The van der Waals surface area contributed by atoms with Crippen molar-refractivity contribution in [2.45, 2.75) is 58.8 Å². The highest BCUT2D eigenvalue weighted by atomic mass is 16.4. The number of benzene rings is 1. The summed E-state index contributed by atoms with van der Waals surface area (Å²) in [5.41, 5.74) is 2.09. The zero-order valence-electron chi connectivity index (χ0n) is 13.5. The third kappa shape index (κ3) is 7.71. The van der Waals surface area contributed by atoms with E-state index in [1.165, 1.54) is 0 Å². The molecule has 0 saturated carbocycles. The zero-order valence-corrected chi connectivity index (χ0v) is 13.5. The number of carboxylic acid groups (broad SMARTS) is 1. The van der Waals surface area contributed by atoms with Crippen LogP contribution in [-0.2, 0) is 4.79 Å². The molecule has 0 fully saturated rings. The summed E-state index contributed by atoms with van der Waals surface area (Å²) in [6, 6.07) is 6.00. The molecule has 0 atom stereocenters. The molecule has 0 radical (unpaired) electrons. The molecular weight excluding hydrogens is 268 g/mol. The second-order valence-corrected chi connectivity index (χ2v) is 5.67. The van der Waals surface area contributed by atoms with Crippen molar-refractivity contribution in [3.8, 4) is 5.75 Å². The topological polar surface area (TPSA) is 77.8 Å². The average Bonchev–Trinajstić information content (AvgIpc) is 2.39. The van der Waals surface area contributed by atoms with Crippen molar-refractivity contribution >= 4 is 5.97 Å². The molecule has 0 unspecified atom stereocenters. The summed E-state index contributed by atoms with van der Waals surface area (Å²) >= 11 is 0. The Kier molecular flexibility index (Phi) is 9.46. The number of rotatable bonds is 6. The molecule has 0 aliphatic rings. The van der Waals surface area contributed by atoms with Crippen molar-refractivity contribution in [1.29, 1.82) is 0 Å². The second-order valence-electron chi connectivity index (χ2n) is 5.67. The predicted octanol–water partition coefficient (Wildman–Crippen LogP) is 3.87. The maximum absolute atomic E-state index is 9.93. The highest BCUT2D eigenvalue weighted by Gasteiger charge is 2.11. The Morgan fingerprint density at radius 1 is 1.05 bits per heavy atom. The molecule has 3 N–H and O–H groups in total. The highest BCUT2D eigenvalue weighted by molar-refractivity contribution is 5.66. The van der Waals surface area contributed by atoms with Gasteiger partial charge in [-0.2, -0.15) is 0 Å². The first-order chi connectivity index (χ1) is 9.81. The van der Waals surface area contributed by atoms with Crippen LogP contribution in [0.3, 0.4) is 0 Å². The highest BCUT2D eigenvalue weighted by Crippen LogP contribution is 2.32. The van der Waals surface area contributed by atoms with Crippen molar-refractivity contribution in [2.24, 2.45) is 0 Å². The molecule has 0 aromatic heterocycles. The van der Waals surface area contributed by atoms with Crippen LogP contribution in [0.25, 0.3) is 0 Å². The molecule has 0 aliphatic carbocycles. The van der Waals surface area contributed by atoms with E-state index in [0.717, 1.165) is 11.1 Å². The molecule has 120 valence electrons. The minimum Gasteiger partial charge on any atom is -0.507 e. The van der Waals surface area contributed by atoms with E-state index >= 15 is 0 Å². The van der Waals surface area contributed by atoms with E-state index in [9.17, 15) is 9.90 Å². The van der Waals surface area contributed by atoms with E-state index in [0.29, 0.717) is 30.4 Å². The van der Waals surface area contributed by atoms with Gasteiger partial charge in [0.25, 0.3) is 0 Å². The number of aliphatic hydroxyl groups excluding tert-OH is 1. The largest absolute Gasteiger partial charge is 0.507 e. The summed E-state index contributed by atoms with van der Waals surface area (Å²) in [7, 11) is 0. The van der Waals surface area contributed by atoms with Crippen LogP contribution in [0.15, 0.2) is 18.2 Å². The second kappa shape index (κ2) is 10.2. The van der Waals surface area contributed by atoms with Gasteiger partial charge in [0.1, 0.15) is 5.75 Å². The number of hydrogen-bond acceptors (Lipinski definition) is 3. The lowest BCUT2D eigenvalue weighted by molar-refractivity contribution is -0.137. The number of para-hydroxylation sites is 1. The standard InChI is InChI=1S/C12H18O.C5H10O3/c1-8(2)10-6-5-7-11(9(3)4)12(10)13;6-4-2-1-3-5(7)8/h5-9,13H,1-4H3;6H,1-4H2,(H,7,8). The molecule has 0 spiro atoms. The van der Waals surface area contributed by atoms with E-state index < -0.39 is 5.97 Å². The third-order valence-electron chi connectivity index (χ3n) is 3.14. The van der Waals surface area contributed by atoms with Crippen LogP contribution in [0.4, 0.5) is 0 Å². The van der Waals surface area contributed by atoms with Gasteiger partial charge < -0.3 is 15.3 Å². The lowest BCUT2D eigenvalue weighted by atomic mass is 9.94. The Morgan fingerprint density at radius 2 is 1.52 bits per heavy atom. The van der Waals surface area contributed by atoms with Gasteiger partial charge in [-0.05, 0) is 35.8 Å². The molecule has 4 heteroatoms. The summed E-state index contributed by atoms with van der Waals surface area (Å²) in [4.78, 5) is 9.79. The molecule has 1 rings (SSSR count). The number of aliphatic carboxylic acids is 1. The summed E-state index contributed by atoms with van der Waals surface area (Å²) in [6.07, 6.45) is 1.33. The smallest absolute Gasteiger partial charge is 0.303 e. The minimum atomic E-state index is -0.793. The first-order valence-electron chi connectivity index (χ1n) is 7.45. The van der Waals surface area contributed by atoms with Gasteiger partial charge >= 0.3 is 5.97 Å². The molecule has 21 heavy (non-hydrogen) atoms. The molecule has 0 heterocycles. The number of carboxylic acids is 1. The summed E-state index contributed by atoms with van der Waals surface area (Å²) in [5.74, 6) is 0.461. The lowest BCUT2D eigenvalue weighted by Gasteiger charge is -2.14. The van der Waals surface area contributed by atoms with Gasteiger partial charge in [-0.3, -0.25) is 4.79 Å². The van der Waals surface area contributed by atoms with Gasteiger partial charge in [-0.15, -0.1) is 0 Å². The number of phenols is 1. The van der Waals surface area contributed by atoms with E-state index in [1.54, 1.807) is 0 Å². The van der Waals surface area contributed by atoms with Crippen LogP contribution in [0.2, 0.25) is 0 Å². The van der Waals surface area contributed by atoms with Crippen molar-refractivity contribution in [3.05, 3.63) is 29.3 Å². The van der Waals surface area contributed by atoms with Gasteiger partial charge in [0.2, 0.25) is 0 Å². The number of unbranched alkanes of at least 4 members (excludes halogenated alkanes) is 1. The fourth-order valence-electron chi connectivity index (χ4n) is 1.90. The zero-order chi connectivity index (χ0) is 16.4. The number of aromatic hydroxyl groups is 1. The lowest BCUT2D eigenvalue weighted by Crippen LogP contribution is -1.94. The first kappa shape index (κ1) is 19.4. The monoisotopic (exact) mass is 296 g/mol. The Balaban J connectivity index is 0.000000433. The number of carbonyl (C=O) groups is 1. The molecule has 1 aromatic carbocycles. The van der Waals surface area contributed by atoms with E-state index in [2.05, 4.69) is 27.7 Å². The quantitative estimate of drug-likeness (QED) is 0.696. The van der Waals surface area contributed by atoms with Crippen LogP contribution in [0.5, 0.6) is 5.75 Å². The Labute approximate surface area is 127 Å². The van der Waals surface area contributed by atoms with Crippen LogP contribution in [0, 0.1) is 0 Å². The maximum atomic E-state index is 9.93. The number of aliphatic hydroxyl groups is 1. The fourth-order valence-corrected chi connectivity index (χ4v) is 1.90. The third-order valence-corrected chi connectivity index (χ3v) is 3.14. The Morgan fingerprint density at radius 3 is 1.86 bits per heavy atom. The number of phenolic OH excluding ortho intramolecular Hbond substituents is 1. The van der Waals surface area contributed by atoms with Gasteiger partial charge in [0.05, 0.1) is 0 Å². The summed E-state index contributed by atoms with van der Waals surface area (Å²) < 4.78 is 0. The van der Waals surface area contributed by atoms with E-state index in [1.807, 2.05) is 18.2 Å². The predicted molar refractivity (Wildman–Crippen MR) is 84.9 cm³/mol. The molecule has 0 bridgehead atoms. The SMILES string of the molecule is CC(C)c1cccc(C(C)C)c1O.O=C(O)CCCCO. The molecule has 0 aliphatic heterocycles. The van der Waals surface area contributed by atoms with Crippen LogP contribution in [0.1, 0.15) is 69.9 Å². The fraction of sp³-hybridized carbons (Fsp3) is 0.588. The Hall–Kier alpha value is -1.55. The minimum absolute atomic E-state index is 0.0906. The van der Waals surface area contributed by atoms with Gasteiger partial charge in [0, 0.05) is 13.0 Å². The summed E-state index contributed by atoms with van der Waals surface area (Å²) in [5, 5.41) is 26.2. The molecule has 0 saturated heterocycles. The van der Waals surface area contributed by atoms with Crippen molar-refractivity contribution in [2.75, 3.05) is 6.61 Å². The maximum Gasteiger partial charge on any atom is 0.303 e. The van der Waals surface area contributed by atoms with Gasteiger partial charge in [0.15, 0.2) is 0 Å². The van der Waals surface area contributed by atoms with Gasteiger partial charge in [-0.25, -0.2) is 0 Å². The molecule has 0 amide bonds. The average molecular weight is 296 g/mol. The van der Waals surface area contributed by atoms with Crippen molar-refractivity contribution in [1.82, 2.24) is 0 Å². The normalized spacial score (nSPS) is 10.4. The summed E-state index contributed by atoms with van der Waals surface area (Å²) in [6.45, 7) is 8.48. The van der Waals surface area contributed by atoms with Crippen LogP contribution in [-0.4, -0.2) is 27.9 Å².